The van der Waals surface area contributed by atoms with Crippen LogP contribution in [0.25, 0.3) is 0 Å². The Morgan fingerprint density at radius 2 is 1.84 bits per heavy atom. The molecule has 2 amide bonds. The average Bonchev–Trinajstić information content (AvgIpc) is 3.38. The van der Waals surface area contributed by atoms with Gasteiger partial charge in [-0.15, -0.1) is 0 Å². The van der Waals surface area contributed by atoms with Crippen LogP contribution >= 0.6 is 0 Å². The molecule has 0 radical (unpaired) electrons. The Morgan fingerprint density at radius 1 is 1.13 bits per heavy atom. The second-order valence-electron chi connectivity index (χ2n) is 7.15. The molecular weight excluding hydrogens is 413 g/mol. The molecule has 7 nitrogen and oxygen atoms in total. The molecule has 1 unspecified atom stereocenters. The number of carbonyl (C=O) groups is 1. The first kappa shape index (κ1) is 22.4. The van der Waals surface area contributed by atoms with Crippen molar-refractivity contribution in [2.24, 2.45) is 0 Å². The van der Waals surface area contributed by atoms with Crippen LogP contribution in [0.15, 0.2) is 59.3 Å². The van der Waals surface area contributed by atoms with Gasteiger partial charge in [0.2, 0.25) is 5.60 Å². The van der Waals surface area contributed by atoms with Gasteiger partial charge in [0, 0.05) is 31.9 Å². The van der Waals surface area contributed by atoms with Crippen LogP contribution < -0.4 is 10.6 Å². The van der Waals surface area contributed by atoms with Crippen LogP contribution in [-0.2, 0) is 18.7 Å². The van der Waals surface area contributed by atoms with Crippen LogP contribution in [0.2, 0.25) is 0 Å². The molecule has 3 N–H and O–H groups in total. The van der Waals surface area contributed by atoms with Gasteiger partial charge in [0.05, 0.1) is 6.54 Å². The number of halogens is 3. The third kappa shape index (κ3) is 5.66. The molecule has 0 saturated carbocycles. The summed E-state index contributed by atoms with van der Waals surface area (Å²) in [6.45, 7) is 1.91. The van der Waals surface area contributed by atoms with Gasteiger partial charge in [-0.3, -0.25) is 4.68 Å². The molecule has 0 fully saturated rings. The molecule has 166 valence electrons. The monoisotopic (exact) mass is 436 g/mol. The van der Waals surface area contributed by atoms with Crippen LogP contribution in [0.1, 0.15) is 29.1 Å². The summed E-state index contributed by atoms with van der Waals surface area (Å²) in [5.74, 6) is -0.353. The van der Waals surface area contributed by atoms with E-state index in [1.807, 2.05) is 36.5 Å². The summed E-state index contributed by atoms with van der Waals surface area (Å²) in [7, 11) is 0. The Hall–Kier alpha value is -3.27. The second kappa shape index (κ2) is 9.25. The van der Waals surface area contributed by atoms with Crippen molar-refractivity contribution in [2.75, 3.05) is 6.54 Å². The molecule has 0 aliphatic carbocycles. The lowest BCUT2D eigenvalue weighted by Crippen LogP contribution is -2.45. The maximum Gasteiger partial charge on any atom is 0.424 e. The summed E-state index contributed by atoms with van der Waals surface area (Å²) >= 11 is 0. The first-order chi connectivity index (χ1) is 14.7. The number of benzene rings is 1. The minimum atomic E-state index is -4.95. The Labute approximate surface area is 176 Å². The predicted molar refractivity (Wildman–Crippen MR) is 106 cm³/mol. The standard InChI is InChI=1S/C21H23F3N4O3/c1-15-3-8-18(31-15)20(30,21(22,23)24)9-11-25-19(29)26-13-16-4-6-17(7-5-16)14-28-12-2-10-27-28/h2-8,10,12,30H,9,11,13-14H2,1H3,(H2,25,26,29). The normalized spacial score (nSPS) is 13.6. The predicted octanol–water partition coefficient (Wildman–Crippen LogP) is 3.47. The first-order valence-corrected chi connectivity index (χ1v) is 9.60. The zero-order chi connectivity index (χ0) is 22.5. The number of furan rings is 1. The van der Waals surface area contributed by atoms with Crippen molar-refractivity contribution in [3.63, 3.8) is 0 Å². The molecule has 31 heavy (non-hydrogen) atoms. The van der Waals surface area contributed by atoms with E-state index in [1.54, 1.807) is 10.9 Å². The van der Waals surface area contributed by atoms with Gasteiger partial charge in [0.1, 0.15) is 11.5 Å². The molecule has 2 heterocycles. The van der Waals surface area contributed by atoms with Crippen molar-refractivity contribution in [3.05, 3.63) is 77.5 Å². The molecule has 0 spiro atoms. The van der Waals surface area contributed by atoms with E-state index in [1.165, 1.54) is 13.0 Å². The number of rotatable bonds is 8. The van der Waals surface area contributed by atoms with E-state index in [2.05, 4.69) is 15.7 Å². The van der Waals surface area contributed by atoms with Gasteiger partial charge in [0.25, 0.3) is 0 Å². The Bertz CT molecular complexity index is 984. The number of alkyl halides is 3. The van der Waals surface area contributed by atoms with E-state index in [0.717, 1.165) is 17.2 Å². The van der Waals surface area contributed by atoms with Crippen molar-refractivity contribution in [1.82, 2.24) is 20.4 Å². The highest BCUT2D eigenvalue weighted by atomic mass is 19.4. The zero-order valence-corrected chi connectivity index (χ0v) is 16.8. The fourth-order valence-electron chi connectivity index (χ4n) is 3.01. The van der Waals surface area contributed by atoms with Gasteiger partial charge in [-0.25, -0.2) is 4.79 Å². The van der Waals surface area contributed by atoms with E-state index in [-0.39, 0.29) is 12.3 Å². The highest BCUT2D eigenvalue weighted by Crippen LogP contribution is 2.41. The van der Waals surface area contributed by atoms with Crippen LogP contribution in [0.5, 0.6) is 0 Å². The van der Waals surface area contributed by atoms with Crippen LogP contribution in [0.4, 0.5) is 18.0 Å². The number of urea groups is 1. The maximum atomic E-state index is 13.4. The SMILES string of the molecule is Cc1ccc(C(O)(CCNC(=O)NCc2ccc(Cn3cccn3)cc2)C(F)(F)F)o1. The molecule has 0 saturated heterocycles. The quantitative estimate of drug-likeness (QED) is 0.504. The van der Waals surface area contributed by atoms with E-state index in [9.17, 15) is 23.1 Å². The van der Waals surface area contributed by atoms with Gasteiger partial charge >= 0.3 is 12.2 Å². The number of nitrogens with one attached hydrogen (secondary N) is 2. The molecular formula is C21H23F3N4O3. The molecule has 2 aromatic heterocycles. The molecule has 1 atom stereocenters. The van der Waals surface area contributed by atoms with E-state index < -0.39 is 36.5 Å². The molecule has 0 bridgehead atoms. The highest BCUT2D eigenvalue weighted by Gasteiger charge is 2.56. The van der Waals surface area contributed by atoms with Gasteiger partial charge in [-0.1, -0.05) is 24.3 Å². The highest BCUT2D eigenvalue weighted by molar-refractivity contribution is 5.73. The fourth-order valence-corrected chi connectivity index (χ4v) is 3.01. The first-order valence-electron chi connectivity index (χ1n) is 9.60. The lowest BCUT2D eigenvalue weighted by atomic mass is 9.96. The van der Waals surface area contributed by atoms with Crippen molar-refractivity contribution < 1.29 is 27.5 Å². The number of aromatic nitrogens is 2. The van der Waals surface area contributed by atoms with Crippen molar-refractivity contribution in [2.45, 2.75) is 38.2 Å². The minimum Gasteiger partial charge on any atom is -0.463 e. The third-order valence-corrected chi connectivity index (χ3v) is 4.77. The van der Waals surface area contributed by atoms with E-state index in [4.69, 9.17) is 4.42 Å². The Balaban J connectivity index is 1.47. The molecule has 1 aromatic carbocycles. The molecule has 3 rings (SSSR count). The average molecular weight is 436 g/mol. The Morgan fingerprint density at radius 3 is 2.42 bits per heavy atom. The maximum absolute atomic E-state index is 13.4. The number of aryl methyl sites for hydroxylation is 1. The summed E-state index contributed by atoms with van der Waals surface area (Å²) in [4.78, 5) is 12.0. The minimum absolute atomic E-state index is 0.203. The summed E-state index contributed by atoms with van der Waals surface area (Å²) in [5, 5.41) is 19.2. The summed E-state index contributed by atoms with van der Waals surface area (Å²) < 4.78 is 47.0. The number of hydrogen-bond acceptors (Lipinski definition) is 4. The lowest BCUT2D eigenvalue weighted by molar-refractivity contribution is -0.274. The number of hydrogen-bond donors (Lipinski definition) is 3. The van der Waals surface area contributed by atoms with Gasteiger partial charge < -0.3 is 20.2 Å². The largest absolute Gasteiger partial charge is 0.463 e. The number of nitrogens with zero attached hydrogens (tertiary/aromatic N) is 2. The smallest absolute Gasteiger partial charge is 0.424 e. The van der Waals surface area contributed by atoms with Crippen LogP contribution in [0, 0.1) is 6.92 Å². The summed E-state index contributed by atoms with van der Waals surface area (Å²) in [5.41, 5.74) is -1.31. The van der Waals surface area contributed by atoms with Crippen LogP contribution in [0.3, 0.4) is 0 Å². The second-order valence-corrected chi connectivity index (χ2v) is 7.15. The van der Waals surface area contributed by atoms with Gasteiger partial charge in [-0.05, 0) is 36.2 Å². The van der Waals surface area contributed by atoms with Gasteiger partial charge in [0.15, 0.2) is 0 Å². The van der Waals surface area contributed by atoms with E-state index >= 15 is 0 Å². The van der Waals surface area contributed by atoms with Crippen LogP contribution in [-0.4, -0.2) is 33.6 Å². The topological polar surface area (TPSA) is 92.3 Å². The number of amides is 2. The number of carbonyl (C=O) groups excluding carboxylic acids is 1. The molecule has 10 heteroatoms. The van der Waals surface area contributed by atoms with Crippen molar-refractivity contribution >= 4 is 6.03 Å². The lowest BCUT2D eigenvalue weighted by Gasteiger charge is -2.28. The zero-order valence-electron chi connectivity index (χ0n) is 16.8. The van der Waals surface area contributed by atoms with Crippen molar-refractivity contribution in [1.29, 1.82) is 0 Å². The Kier molecular flexibility index (Phi) is 6.69. The van der Waals surface area contributed by atoms with E-state index in [0.29, 0.717) is 6.54 Å². The fraction of sp³-hybridized carbons (Fsp3) is 0.333. The molecule has 3 aromatic rings. The summed E-state index contributed by atoms with van der Waals surface area (Å²) in [6, 6.07) is 11.1. The van der Waals surface area contributed by atoms with Gasteiger partial charge in [-0.2, -0.15) is 18.3 Å². The van der Waals surface area contributed by atoms with Crippen molar-refractivity contribution in [3.8, 4) is 0 Å². The number of aliphatic hydroxyl groups is 1. The molecule has 0 aliphatic rings. The summed E-state index contributed by atoms with van der Waals surface area (Å²) in [6.07, 6.45) is -2.18. The molecule has 0 aliphatic heterocycles. The third-order valence-electron chi connectivity index (χ3n) is 4.77.